The zero-order chi connectivity index (χ0) is 25.9. The van der Waals surface area contributed by atoms with Crippen LogP contribution in [0, 0.1) is 6.92 Å². The van der Waals surface area contributed by atoms with Crippen molar-refractivity contribution in [3.05, 3.63) is 114 Å². The third-order valence-corrected chi connectivity index (χ3v) is 12.2. The molecule has 1 unspecified atom stereocenters. The number of hydrogen-bond acceptors (Lipinski definition) is 0. The molecule has 2 heteroatoms. The topological polar surface area (TPSA) is 0 Å². The molecule has 0 fully saturated rings. The lowest BCUT2D eigenvalue weighted by atomic mass is 9.86. The molecule has 1 atom stereocenters. The Morgan fingerprint density at radius 3 is 1.92 bits per heavy atom. The molecule has 5 aromatic rings. The molecule has 0 aliphatic carbocycles. The van der Waals surface area contributed by atoms with Gasteiger partial charge in [0.15, 0.2) is 0 Å². The van der Waals surface area contributed by atoms with Crippen molar-refractivity contribution in [3.8, 4) is 11.1 Å². The van der Waals surface area contributed by atoms with Gasteiger partial charge < -0.3 is 0 Å². The number of rotatable bonds is 8. The fourth-order valence-corrected chi connectivity index (χ4v) is 9.47. The van der Waals surface area contributed by atoms with Crippen molar-refractivity contribution >= 4 is 43.4 Å². The predicted octanol–water partition coefficient (Wildman–Crippen LogP) is 10.3. The lowest BCUT2D eigenvalue weighted by Gasteiger charge is -2.29. The molecule has 0 saturated carbocycles. The van der Waals surface area contributed by atoms with Gasteiger partial charge in [0.1, 0.15) is 0 Å². The lowest BCUT2D eigenvalue weighted by Crippen LogP contribution is -2.09. The van der Waals surface area contributed by atoms with Crippen molar-refractivity contribution in [3.63, 3.8) is 0 Å². The van der Waals surface area contributed by atoms with E-state index in [1.54, 1.807) is 5.56 Å². The standard InChI is InChI=1S/C35H38P2/c1-24(2)37(25(3)4)23-33-29(22-36-30-15-7-6-8-16-30)21-28-14-10-12-18-32(28)35(33)34-26(5)19-20-27-13-9-11-17-31(27)34/h6-21,24-25,36H,22-23H2,1-5H3. The molecule has 0 aromatic heterocycles. The molecule has 37 heavy (non-hydrogen) atoms. The van der Waals surface area contributed by atoms with Gasteiger partial charge in [-0.25, -0.2) is 0 Å². The van der Waals surface area contributed by atoms with E-state index in [2.05, 4.69) is 132 Å². The minimum absolute atomic E-state index is 0.148. The van der Waals surface area contributed by atoms with Gasteiger partial charge in [-0.2, -0.15) is 0 Å². The summed E-state index contributed by atoms with van der Waals surface area (Å²) in [6.07, 6.45) is 2.28. The maximum atomic E-state index is 2.51. The molecule has 0 aliphatic heterocycles. The van der Waals surface area contributed by atoms with Crippen molar-refractivity contribution in [1.29, 1.82) is 0 Å². The molecule has 0 nitrogen and oxygen atoms in total. The third kappa shape index (κ3) is 5.53. The first-order chi connectivity index (χ1) is 17.9. The number of hydrogen-bond donors (Lipinski definition) is 0. The van der Waals surface area contributed by atoms with Gasteiger partial charge in [0.25, 0.3) is 0 Å². The molecule has 0 bridgehead atoms. The van der Waals surface area contributed by atoms with Crippen LogP contribution in [0.4, 0.5) is 0 Å². The van der Waals surface area contributed by atoms with Crippen LogP contribution in [0.1, 0.15) is 44.4 Å². The molecular weight excluding hydrogens is 482 g/mol. The van der Waals surface area contributed by atoms with Gasteiger partial charge in [-0.1, -0.05) is 141 Å². The van der Waals surface area contributed by atoms with Crippen LogP contribution >= 0.6 is 16.5 Å². The molecule has 0 amide bonds. The molecule has 5 rings (SSSR count). The summed E-state index contributed by atoms with van der Waals surface area (Å²) in [4.78, 5) is 0. The molecule has 0 N–H and O–H groups in total. The smallest absolute Gasteiger partial charge is 0.00569 e. The van der Waals surface area contributed by atoms with Gasteiger partial charge in [-0.05, 0) is 85.2 Å². The number of fused-ring (bicyclic) bond motifs is 2. The van der Waals surface area contributed by atoms with Crippen molar-refractivity contribution in [1.82, 2.24) is 0 Å². The summed E-state index contributed by atoms with van der Waals surface area (Å²) < 4.78 is 0. The van der Waals surface area contributed by atoms with Crippen LogP contribution in [0.5, 0.6) is 0 Å². The van der Waals surface area contributed by atoms with Gasteiger partial charge in [0.2, 0.25) is 0 Å². The number of aryl methyl sites for hydroxylation is 1. The van der Waals surface area contributed by atoms with Crippen molar-refractivity contribution in [2.24, 2.45) is 0 Å². The van der Waals surface area contributed by atoms with Crippen LogP contribution in [0.15, 0.2) is 97.1 Å². The first-order valence-electron chi connectivity index (χ1n) is 13.5. The zero-order valence-corrected chi connectivity index (χ0v) is 24.6. The minimum Gasteiger partial charge on any atom is -0.0969 e. The highest BCUT2D eigenvalue weighted by atomic mass is 31.1. The molecule has 0 saturated heterocycles. The summed E-state index contributed by atoms with van der Waals surface area (Å²) in [6.45, 7) is 12.0. The van der Waals surface area contributed by atoms with Gasteiger partial charge in [-0.15, -0.1) is 0 Å². The largest absolute Gasteiger partial charge is 0.0969 e. The summed E-state index contributed by atoms with van der Waals surface area (Å²) in [5.74, 6) is 0. The zero-order valence-electron chi connectivity index (χ0n) is 22.8. The fourth-order valence-electron chi connectivity index (χ4n) is 5.68. The van der Waals surface area contributed by atoms with Crippen LogP contribution < -0.4 is 5.30 Å². The highest BCUT2D eigenvalue weighted by Gasteiger charge is 2.24. The molecule has 0 aliphatic rings. The summed E-state index contributed by atoms with van der Waals surface area (Å²) in [7, 11) is 0.627. The lowest BCUT2D eigenvalue weighted by molar-refractivity contribution is 0.994. The second-order valence-electron chi connectivity index (χ2n) is 10.7. The second kappa shape index (κ2) is 11.5. The maximum absolute atomic E-state index is 2.51. The van der Waals surface area contributed by atoms with Crippen LogP contribution in [0.3, 0.4) is 0 Å². The van der Waals surface area contributed by atoms with Crippen LogP contribution in [-0.4, -0.2) is 11.3 Å². The summed E-state index contributed by atoms with van der Waals surface area (Å²) in [6, 6.07) is 36.2. The average molecular weight is 521 g/mol. The van der Waals surface area contributed by atoms with E-state index in [9.17, 15) is 0 Å². The minimum atomic E-state index is -0.148. The Kier molecular flexibility index (Phi) is 8.09. The Labute approximate surface area is 226 Å². The Bertz CT molecular complexity index is 1510. The molecule has 188 valence electrons. The predicted molar refractivity (Wildman–Crippen MR) is 171 cm³/mol. The van der Waals surface area contributed by atoms with Crippen LogP contribution in [0.2, 0.25) is 0 Å². The first kappa shape index (κ1) is 26.1. The van der Waals surface area contributed by atoms with Gasteiger partial charge in [0, 0.05) is 0 Å². The fraction of sp³-hybridized carbons (Fsp3) is 0.257. The van der Waals surface area contributed by atoms with Crippen molar-refractivity contribution in [2.45, 2.75) is 58.3 Å². The van der Waals surface area contributed by atoms with E-state index in [1.165, 1.54) is 55.3 Å². The van der Waals surface area contributed by atoms with E-state index >= 15 is 0 Å². The summed E-state index contributed by atoms with van der Waals surface area (Å²) in [5.41, 5.74) is 8.81. The summed E-state index contributed by atoms with van der Waals surface area (Å²) in [5, 5.41) is 6.89. The Morgan fingerprint density at radius 2 is 1.24 bits per heavy atom. The first-order valence-corrected chi connectivity index (χ1v) is 16.4. The van der Waals surface area contributed by atoms with E-state index in [0.29, 0.717) is 11.3 Å². The Balaban J connectivity index is 1.81. The highest BCUT2D eigenvalue weighted by Crippen LogP contribution is 2.53. The van der Waals surface area contributed by atoms with Crippen molar-refractivity contribution in [2.75, 3.05) is 0 Å². The third-order valence-electron chi connectivity index (χ3n) is 7.56. The quantitative estimate of drug-likeness (QED) is 0.179. The highest BCUT2D eigenvalue weighted by molar-refractivity contribution is 7.58. The SMILES string of the molecule is Cc1ccc2ccccc2c1-c1c(CP(C(C)C)C(C)C)c(CPc2ccccc2)cc2ccccc12. The van der Waals surface area contributed by atoms with Crippen molar-refractivity contribution < 1.29 is 0 Å². The molecule has 0 radical (unpaired) electrons. The number of benzene rings is 5. The average Bonchev–Trinajstić information content (AvgIpc) is 2.90. The Hall–Kier alpha value is -2.52. The Morgan fingerprint density at radius 1 is 0.649 bits per heavy atom. The van der Waals surface area contributed by atoms with Crippen LogP contribution in [0.25, 0.3) is 32.7 Å². The molecular formula is C35H38P2. The molecule has 5 aromatic carbocycles. The normalized spacial score (nSPS) is 12.2. The van der Waals surface area contributed by atoms with Crippen LogP contribution in [-0.2, 0) is 12.3 Å². The van der Waals surface area contributed by atoms with Gasteiger partial charge in [0.05, 0.1) is 0 Å². The van der Waals surface area contributed by atoms with Gasteiger partial charge in [-0.3, -0.25) is 0 Å². The summed E-state index contributed by atoms with van der Waals surface area (Å²) >= 11 is 0. The van der Waals surface area contributed by atoms with E-state index in [0.717, 1.165) is 14.7 Å². The van der Waals surface area contributed by atoms with E-state index < -0.39 is 0 Å². The van der Waals surface area contributed by atoms with E-state index in [1.807, 2.05) is 0 Å². The van der Waals surface area contributed by atoms with E-state index in [-0.39, 0.29) is 7.92 Å². The van der Waals surface area contributed by atoms with Gasteiger partial charge >= 0.3 is 0 Å². The molecule has 0 spiro atoms. The molecule has 0 heterocycles. The maximum Gasteiger partial charge on any atom is -0.00569 e. The second-order valence-corrected chi connectivity index (χ2v) is 15.4. The monoisotopic (exact) mass is 520 g/mol. The van der Waals surface area contributed by atoms with E-state index in [4.69, 9.17) is 0 Å².